The Labute approximate surface area is 183 Å². The van der Waals surface area contributed by atoms with E-state index in [2.05, 4.69) is 19.2 Å². The highest BCUT2D eigenvalue weighted by Gasteiger charge is 2.36. The lowest BCUT2D eigenvalue weighted by Crippen LogP contribution is -2.29. The average molecular weight is 425 g/mol. The lowest BCUT2D eigenvalue weighted by atomic mass is 9.75. The Balaban J connectivity index is 1.75. The number of aliphatic hydroxyl groups is 1. The van der Waals surface area contributed by atoms with Gasteiger partial charge < -0.3 is 16.2 Å². The van der Waals surface area contributed by atoms with Crippen molar-refractivity contribution in [2.24, 2.45) is 11.1 Å². The second-order valence-corrected chi connectivity index (χ2v) is 9.72. The van der Waals surface area contributed by atoms with Gasteiger partial charge in [0.15, 0.2) is 5.78 Å². The molecule has 7 heteroatoms. The first kappa shape index (κ1) is 21.6. The van der Waals surface area contributed by atoms with E-state index in [0.29, 0.717) is 24.1 Å². The normalized spacial score (nSPS) is 22.8. The van der Waals surface area contributed by atoms with E-state index in [1.54, 1.807) is 6.07 Å². The molecule has 0 aliphatic heterocycles. The number of aryl methyl sites for hydroxylation is 1. The van der Waals surface area contributed by atoms with E-state index in [1.165, 1.54) is 0 Å². The van der Waals surface area contributed by atoms with Gasteiger partial charge in [-0.25, -0.2) is 4.68 Å². The summed E-state index contributed by atoms with van der Waals surface area (Å²) in [6.45, 7) is 6.23. The fourth-order valence-corrected chi connectivity index (χ4v) is 4.93. The number of amides is 1. The average Bonchev–Trinajstić information content (AvgIpc) is 3.07. The number of hydrogen-bond acceptors (Lipinski definition) is 5. The number of primary amides is 1. The number of aliphatic hydroxyl groups excluding tert-OH is 1. The molecule has 1 saturated carbocycles. The largest absolute Gasteiger partial charge is 0.393 e. The molecular weight excluding hydrogens is 392 g/mol. The number of rotatable bonds is 5. The highest BCUT2D eigenvalue weighted by atomic mass is 16.3. The molecule has 0 radical (unpaired) electrons. The summed E-state index contributed by atoms with van der Waals surface area (Å²) in [7, 11) is 0. The molecule has 1 aromatic heterocycles. The predicted molar refractivity (Wildman–Crippen MR) is 120 cm³/mol. The molecule has 0 atom stereocenters. The number of carbonyl (C=O) groups is 2. The Morgan fingerprint density at radius 3 is 2.61 bits per heavy atom. The quantitative estimate of drug-likeness (QED) is 0.681. The molecule has 0 unspecified atom stereocenters. The number of benzene rings is 1. The first-order chi connectivity index (χ1) is 14.7. The second kappa shape index (κ2) is 8.11. The number of hydrogen-bond donors (Lipinski definition) is 3. The Bertz CT molecular complexity index is 1020. The van der Waals surface area contributed by atoms with Crippen LogP contribution >= 0.6 is 0 Å². The number of carbonyl (C=O) groups excluding carboxylic acids is 2. The molecule has 0 saturated heterocycles. The molecule has 1 aromatic carbocycles. The third-order valence-electron chi connectivity index (χ3n) is 6.52. The molecule has 2 aliphatic rings. The van der Waals surface area contributed by atoms with Gasteiger partial charge in [0.2, 0.25) is 0 Å². The van der Waals surface area contributed by atoms with Gasteiger partial charge in [-0.3, -0.25) is 9.59 Å². The highest BCUT2D eigenvalue weighted by molar-refractivity contribution is 6.00. The van der Waals surface area contributed by atoms with Gasteiger partial charge in [-0.05, 0) is 62.1 Å². The molecule has 2 aromatic rings. The highest BCUT2D eigenvalue weighted by Crippen LogP contribution is 2.38. The summed E-state index contributed by atoms with van der Waals surface area (Å²) >= 11 is 0. The van der Waals surface area contributed by atoms with E-state index in [9.17, 15) is 14.7 Å². The van der Waals surface area contributed by atoms with Crippen LogP contribution < -0.4 is 11.1 Å². The number of anilines is 1. The van der Waals surface area contributed by atoms with Crippen LogP contribution in [-0.4, -0.2) is 38.7 Å². The van der Waals surface area contributed by atoms with Crippen LogP contribution in [0.2, 0.25) is 0 Å². The van der Waals surface area contributed by atoms with Crippen LogP contribution in [0.4, 0.5) is 5.69 Å². The summed E-state index contributed by atoms with van der Waals surface area (Å²) in [5.74, 6) is -0.333. The van der Waals surface area contributed by atoms with Crippen LogP contribution in [0.1, 0.15) is 85.0 Å². The lowest BCUT2D eigenvalue weighted by Gasteiger charge is -2.29. The zero-order valence-corrected chi connectivity index (χ0v) is 18.6. The molecule has 31 heavy (non-hydrogen) atoms. The number of ketones is 1. The smallest absolute Gasteiger partial charge is 0.250 e. The molecule has 1 amide bonds. The minimum Gasteiger partial charge on any atom is -0.393 e. The number of Topliss-reactive ketones (excluding diaryl/α,β-unsaturated/α-hetero) is 1. The van der Waals surface area contributed by atoms with Crippen LogP contribution in [-0.2, 0) is 12.8 Å². The minimum absolute atomic E-state index is 0.121. The molecule has 2 aliphatic carbocycles. The van der Waals surface area contributed by atoms with Crippen LogP contribution in [0.3, 0.4) is 0 Å². The number of aromatic nitrogens is 2. The van der Waals surface area contributed by atoms with Crippen molar-refractivity contribution in [2.75, 3.05) is 5.32 Å². The van der Waals surface area contributed by atoms with E-state index < -0.39 is 5.91 Å². The molecule has 166 valence electrons. The van der Waals surface area contributed by atoms with Crippen molar-refractivity contribution in [3.63, 3.8) is 0 Å². The monoisotopic (exact) mass is 424 g/mol. The molecule has 7 nitrogen and oxygen atoms in total. The van der Waals surface area contributed by atoms with E-state index >= 15 is 0 Å². The van der Waals surface area contributed by atoms with Crippen molar-refractivity contribution in [3.05, 3.63) is 40.7 Å². The Morgan fingerprint density at radius 2 is 1.97 bits per heavy atom. The van der Waals surface area contributed by atoms with Crippen molar-refractivity contribution in [2.45, 2.75) is 77.9 Å². The van der Waals surface area contributed by atoms with Gasteiger partial charge in [0.05, 0.1) is 34.3 Å². The van der Waals surface area contributed by atoms with Crippen LogP contribution in [0, 0.1) is 5.41 Å². The van der Waals surface area contributed by atoms with Gasteiger partial charge in [-0.2, -0.15) is 5.10 Å². The van der Waals surface area contributed by atoms with Crippen molar-refractivity contribution in [1.82, 2.24) is 9.78 Å². The Morgan fingerprint density at radius 1 is 1.26 bits per heavy atom. The van der Waals surface area contributed by atoms with Gasteiger partial charge in [-0.15, -0.1) is 0 Å². The summed E-state index contributed by atoms with van der Waals surface area (Å²) in [6.07, 6.45) is 4.90. The number of nitrogens with zero attached hydrogens (tertiary/aromatic N) is 2. The summed E-state index contributed by atoms with van der Waals surface area (Å²) in [5, 5.41) is 18.0. The summed E-state index contributed by atoms with van der Waals surface area (Å²) < 4.78 is 1.87. The number of nitrogens with two attached hydrogens (primary N) is 1. The van der Waals surface area contributed by atoms with Gasteiger partial charge in [0.1, 0.15) is 0 Å². The van der Waals surface area contributed by atoms with Gasteiger partial charge in [0.25, 0.3) is 5.91 Å². The third-order valence-corrected chi connectivity index (χ3v) is 6.52. The van der Waals surface area contributed by atoms with Crippen LogP contribution in [0.25, 0.3) is 5.69 Å². The van der Waals surface area contributed by atoms with Gasteiger partial charge in [-0.1, -0.05) is 20.8 Å². The molecule has 0 bridgehead atoms. The van der Waals surface area contributed by atoms with Gasteiger partial charge in [0, 0.05) is 18.2 Å². The number of fused-ring (bicyclic) bond motifs is 1. The summed E-state index contributed by atoms with van der Waals surface area (Å²) in [6, 6.07) is 5.65. The molecule has 1 fully saturated rings. The lowest BCUT2D eigenvalue weighted by molar-refractivity contribution is 0.0909. The van der Waals surface area contributed by atoms with E-state index in [4.69, 9.17) is 10.8 Å². The van der Waals surface area contributed by atoms with Crippen LogP contribution in [0.5, 0.6) is 0 Å². The minimum atomic E-state index is -0.488. The molecule has 0 spiro atoms. The molecule has 4 N–H and O–H groups in total. The Kier molecular flexibility index (Phi) is 5.64. The first-order valence-electron chi connectivity index (χ1n) is 11.2. The fraction of sp³-hybridized carbons (Fsp3) is 0.542. The van der Waals surface area contributed by atoms with E-state index in [-0.39, 0.29) is 23.3 Å². The second-order valence-electron chi connectivity index (χ2n) is 9.72. The molecule has 4 rings (SSSR count). The maximum Gasteiger partial charge on any atom is 0.250 e. The summed E-state index contributed by atoms with van der Waals surface area (Å²) in [5.41, 5.74) is 9.96. The Hall–Kier alpha value is -2.67. The zero-order valence-electron chi connectivity index (χ0n) is 18.6. The maximum atomic E-state index is 12.9. The van der Waals surface area contributed by atoms with Crippen molar-refractivity contribution in [1.29, 1.82) is 0 Å². The third kappa shape index (κ3) is 4.24. The fourth-order valence-electron chi connectivity index (χ4n) is 4.93. The predicted octanol–water partition coefficient (Wildman–Crippen LogP) is 3.40. The molecule has 1 heterocycles. The summed E-state index contributed by atoms with van der Waals surface area (Å²) in [4.78, 5) is 24.9. The topological polar surface area (TPSA) is 110 Å². The zero-order chi connectivity index (χ0) is 22.3. The standard InChI is InChI=1S/C24H32N4O3/c1-4-18-22-20(12-24(2,3)13-21(22)30)28(27-18)15-7-10-17(23(25)31)19(11-15)26-14-5-8-16(29)9-6-14/h7,10-11,14,16,26,29H,4-6,8-9,12-13H2,1-3H3,(H2,25,31)/t14-,16-. The van der Waals surface area contributed by atoms with E-state index in [1.807, 2.05) is 23.7 Å². The van der Waals surface area contributed by atoms with E-state index in [0.717, 1.165) is 54.7 Å². The first-order valence-corrected chi connectivity index (χ1v) is 11.2. The molecular formula is C24H32N4O3. The van der Waals surface area contributed by atoms with Crippen molar-refractivity contribution in [3.8, 4) is 5.69 Å². The maximum absolute atomic E-state index is 12.9. The number of nitrogens with one attached hydrogen (secondary N) is 1. The van der Waals surface area contributed by atoms with Crippen molar-refractivity contribution < 1.29 is 14.7 Å². The van der Waals surface area contributed by atoms with Crippen LogP contribution in [0.15, 0.2) is 18.2 Å². The van der Waals surface area contributed by atoms with Crippen molar-refractivity contribution >= 4 is 17.4 Å². The van der Waals surface area contributed by atoms with Gasteiger partial charge >= 0.3 is 0 Å². The SMILES string of the molecule is CCc1nn(-c2ccc(C(N)=O)c(N[C@H]3CC[C@H](O)CC3)c2)c2c1C(=O)CC(C)(C)C2.